The van der Waals surface area contributed by atoms with E-state index < -0.39 is 41.5 Å². The first kappa shape index (κ1) is 30.0. The molecule has 0 radical (unpaired) electrons. The normalized spacial score (nSPS) is 34.6. The van der Waals surface area contributed by atoms with E-state index in [-0.39, 0.29) is 50.0 Å². The molecule has 2 N–H and O–H groups in total. The average molecular weight is 657 g/mol. The summed E-state index contributed by atoms with van der Waals surface area (Å²) in [6.45, 7) is -0.109. The van der Waals surface area contributed by atoms with Crippen LogP contribution in [-0.2, 0) is 28.7 Å². The lowest BCUT2D eigenvalue weighted by Gasteiger charge is -2.40. The number of carbonyl (C=O) groups is 4. The number of carbonyl (C=O) groups excluding carboxylic acids is 4. The van der Waals surface area contributed by atoms with E-state index in [9.17, 15) is 24.3 Å². The Kier molecular flexibility index (Phi) is 8.75. The summed E-state index contributed by atoms with van der Waals surface area (Å²) in [6, 6.07) is 7.56. The Labute approximate surface area is 259 Å². The van der Waals surface area contributed by atoms with E-state index >= 15 is 0 Å². The Bertz CT molecular complexity index is 1310. The van der Waals surface area contributed by atoms with Gasteiger partial charge < -0.3 is 29.7 Å². The number of amides is 3. The van der Waals surface area contributed by atoms with Gasteiger partial charge in [-0.05, 0) is 30.9 Å². The molecule has 2 saturated heterocycles. The predicted octanol–water partition coefficient (Wildman–Crippen LogP) is 2.76. The number of aliphatic hydroxyl groups excluding tert-OH is 1. The summed E-state index contributed by atoms with van der Waals surface area (Å²) >= 11 is 3.59. The number of hydrogen-bond acceptors (Lipinski definition) is 7. The first-order valence-corrected chi connectivity index (χ1v) is 16.1. The van der Waals surface area contributed by atoms with Crippen LogP contribution in [-0.4, -0.2) is 88.7 Å². The van der Waals surface area contributed by atoms with Crippen LogP contribution in [0.5, 0.6) is 0 Å². The molecule has 5 aliphatic rings. The van der Waals surface area contributed by atoms with Gasteiger partial charge in [-0.15, -0.1) is 0 Å². The minimum Gasteiger partial charge on any atom is -0.463 e. The monoisotopic (exact) mass is 655 g/mol. The van der Waals surface area contributed by atoms with E-state index in [4.69, 9.17) is 9.47 Å². The minimum absolute atomic E-state index is 0.00349. The maximum absolute atomic E-state index is 14.6. The molecule has 4 heterocycles. The smallest absolute Gasteiger partial charge is 0.306 e. The number of ether oxygens (including phenoxy) is 2. The van der Waals surface area contributed by atoms with Crippen LogP contribution in [0, 0.1) is 11.8 Å². The molecule has 10 nitrogen and oxygen atoms in total. The minimum atomic E-state index is -1.35. The fourth-order valence-corrected chi connectivity index (χ4v) is 8.28. The molecule has 43 heavy (non-hydrogen) atoms. The molecule has 4 aliphatic heterocycles. The first-order valence-electron chi connectivity index (χ1n) is 15.3. The quantitative estimate of drug-likeness (QED) is 0.377. The number of aliphatic hydroxyl groups is 1. The van der Waals surface area contributed by atoms with Gasteiger partial charge in [0.1, 0.15) is 24.4 Å². The molecule has 11 heteroatoms. The molecule has 6 atom stereocenters. The number of fused-ring (bicyclic) bond motifs is 2. The molecule has 230 valence electrons. The molecule has 1 aliphatic carbocycles. The van der Waals surface area contributed by atoms with Gasteiger partial charge >= 0.3 is 5.97 Å². The van der Waals surface area contributed by atoms with Crippen molar-refractivity contribution in [3.63, 3.8) is 0 Å². The molecule has 5 bridgehead atoms. The maximum atomic E-state index is 14.6. The predicted molar refractivity (Wildman–Crippen MR) is 159 cm³/mol. The molecule has 3 amide bonds. The van der Waals surface area contributed by atoms with Gasteiger partial charge in [-0.2, -0.15) is 0 Å². The van der Waals surface area contributed by atoms with Gasteiger partial charge in [-0.3, -0.25) is 19.2 Å². The van der Waals surface area contributed by atoms with Gasteiger partial charge in [0.15, 0.2) is 0 Å². The lowest BCUT2D eigenvalue weighted by molar-refractivity contribution is -0.150. The Balaban J connectivity index is 1.41. The van der Waals surface area contributed by atoms with Gasteiger partial charge in [0.25, 0.3) is 0 Å². The molecule has 1 aromatic carbocycles. The molecule has 1 spiro atoms. The zero-order chi connectivity index (χ0) is 30.1. The lowest BCUT2D eigenvalue weighted by Crippen LogP contribution is -2.58. The largest absolute Gasteiger partial charge is 0.463 e. The molecule has 0 unspecified atom stereocenters. The van der Waals surface area contributed by atoms with E-state index in [0.29, 0.717) is 17.4 Å². The number of rotatable bonds is 4. The summed E-state index contributed by atoms with van der Waals surface area (Å²) in [6.07, 6.45) is 10.3. The number of cyclic esters (lactones) is 1. The second-order valence-electron chi connectivity index (χ2n) is 12.0. The van der Waals surface area contributed by atoms with E-state index in [2.05, 4.69) is 21.2 Å². The Hall–Kier alpha value is -3.02. The van der Waals surface area contributed by atoms with E-state index in [1.165, 1.54) is 4.90 Å². The molecule has 1 saturated carbocycles. The van der Waals surface area contributed by atoms with Crippen molar-refractivity contribution in [2.24, 2.45) is 11.8 Å². The number of esters is 1. The van der Waals surface area contributed by atoms with Gasteiger partial charge in [-0.1, -0.05) is 77.7 Å². The average Bonchev–Trinajstić information content (AvgIpc) is 3.60. The highest BCUT2D eigenvalue weighted by Gasteiger charge is 2.74. The van der Waals surface area contributed by atoms with Gasteiger partial charge in [0, 0.05) is 30.0 Å². The standard InChI is InChI=1S/C32H38BrN3O7/c33-22-18-32-26-25(27(22)43-32)29(39)34-23(20-10-4-1-5-11-20)19-42-24(38)14-8-3-9-15-35(21-12-6-2-7-13-21)31(41)28(32)36(16-17-37)30(26)40/h1,3-5,9-11,18,21,23,25-28,37H,2,6-8,12-17,19H2,(H,34,39)/b9-3-/t23-,25-,26+,27-,28-,32+/m1/s1. The van der Waals surface area contributed by atoms with Crippen LogP contribution < -0.4 is 5.32 Å². The highest BCUT2D eigenvalue weighted by molar-refractivity contribution is 9.11. The maximum Gasteiger partial charge on any atom is 0.306 e. The number of hydrogen-bond donors (Lipinski definition) is 2. The Morgan fingerprint density at radius 2 is 1.79 bits per heavy atom. The van der Waals surface area contributed by atoms with Crippen molar-refractivity contribution in [2.45, 2.75) is 74.8 Å². The van der Waals surface area contributed by atoms with Crippen molar-refractivity contribution in [3.05, 3.63) is 58.6 Å². The van der Waals surface area contributed by atoms with Crippen molar-refractivity contribution in [1.82, 2.24) is 15.1 Å². The second kappa shape index (κ2) is 12.5. The van der Waals surface area contributed by atoms with Gasteiger partial charge in [0.05, 0.1) is 24.5 Å². The van der Waals surface area contributed by atoms with Gasteiger partial charge in [-0.25, -0.2) is 0 Å². The number of nitrogens with zero attached hydrogens (tertiary/aromatic N) is 2. The number of β-amino-alcohol motifs (C(OH)–C–C–N with tert-alkyl or cyclic N) is 1. The molecular weight excluding hydrogens is 618 g/mol. The van der Waals surface area contributed by atoms with Gasteiger partial charge in [0.2, 0.25) is 17.7 Å². The lowest BCUT2D eigenvalue weighted by atomic mass is 9.73. The summed E-state index contributed by atoms with van der Waals surface area (Å²) in [4.78, 5) is 58.8. The number of nitrogens with one attached hydrogen (secondary N) is 1. The third-order valence-electron chi connectivity index (χ3n) is 9.52. The highest BCUT2D eigenvalue weighted by atomic mass is 79.9. The zero-order valence-electron chi connectivity index (χ0n) is 24.0. The topological polar surface area (TPSA) is 125 Å². The number of halogens is 1. The molecular formula is C32H38BrN3O7. The van der Waals surface area contributed by atoms with Crippen LogP contribution in [0.25, 0.3) is 0 Å². The SMILES string of the molecule is O=C1CC/C=C\CN(C2CCCCC2)C(=O)[C@H]2N(CCO)C(=O)[C@@H]3[C@@H](C(=O)N[C@@H](c4ccccc4)CO1)[C@@H]1O[C@@]32C=C1Br. The summed E-state index contributed by atoms with van der Waals surface area (Å²) < 4.78 is 12.8. The van der Waals surface area contributed by atoms with E-state index in [1.54, 1.807) is 6.08 Å². The van der Waals surface area contributed by atoms with Crippen LogP contribution in [0.2, 0.25) is 0 Å². The van der Waals surface area contributed by atoms with E-state index in [1.807, 2.05) is 47.4 Å². The summed E-state index contributed by atoms with van der Waals surface area (Å²) in [5, 5.41) is 13.0. The van der Waals surface area contributed by atoms with Crippen LogP contribution in [0.1, 0.15) is 56.6 Å². The zero-order valence-corrected chi connectivity index (χ0v) is 25.6. The third-order valence-corrected chi connectivity index (χ3v) is 10.2. The van der Waals surface area contributed by atoms with Crippen molar-refractivity contribution in [2.75, 3.05) is 26.3 Å². The highest BCUT2D eigenvalue weighted by Crippen LogP contribution is 2.58. The van der Waals surface area contributed by atoms with Crippen LogP contribution in [0.4, 0.5) is 0 Å². The van der Waals surface area contributed by atoms with Crippen molar-refractivity contribution >= 4 is 39.6 Å². The number of likely N-dealkylation sites (tertiary alicyclic amines) is 1. The number of benzene rings is 1. The van der Waals surface area contributed by atoms with Crippen molar-refractivity contribution in [3.8, 4) is 0 Å². The number of allylic oxidation sites excluding steroid dienone is 1. The first-order chi connectivity index (χ1) is 20.9. The molecule has 3 fully saturated rings. The summed E-state index contributed by atoms with van der Waals surface area (Å²) in [7, 11) is 0. The molecule has 0 aromatic heterocycles. The van der Waals surface area contributed by atoms with E-state index in [0.717, 1.165) is 37.7 Å². The Morgan fingerprint density at radius 3 is 2.53 bits per heavy atom. The fourth-order valence-electron chi connectivity index (χ4n) is 7.54. The van der Waals surface area contributed by atoms with Crippen LogP contribution in [0.15, 0.2) is 53.0 Å². The summed E-state index contributed by atoms with van der Waals surface area (Å²) in [5.41, 5.74) is -0.598. The van der Waals surface area contributed by atoms with Crippen LogP contribution in [0.3, 0.4) is 0 Å². The van der Waals surface area contributed by atoms with Crippen LogP contribution >= 0.6 is 15.9 Å². The third kappa shape index (κ3) is 5.44. The molecule has 6 rings (SSSR count). The summed E-state index contributed by atoms with van der Waals surface area (Å²) in [5.74, 6) is -3.30. The Morgan fingerprint density at radius 1 is 1.02 bits per heavy atom. The van der Waals surface area contributed by atoms with Crippen molar-refractivity contribution in [1.29, 1.82) is 0 Å². The fraction of sp³-hybridized carbons (Fsp3) is 0.562. The second-order valence-corrected chi connectivity index (χ2v) is 12.9. The molecule has 1 aromatic rings. The van der Waals surface area contributed by atoms with Crippen molar-refractivity contribution < 1.29 is 33.8 Å².